The summed E-state index contributed by atoms with van der Waals surface area (Å²) in [6, 6.07) is 1.77. The molecule has 0 aliphatic rings. The van der Waals surface area contributed by atoms with E-state index >= 15 is 0 Å². The van der Waals surface area contributed by atoms with E-state index in [0.29, 0.717) is 11.0 Å². The van der Waals surface area contributed by atoms with E-state index in [9.17, 15) is 0 Å². The molecule has 0 saturated heterocycles. The number of hydrogen-bond donors (Lipinski definition) is 3. The lowest BCUT2D eigenvalue weighted by atomic mass is 10.5. The van der Waals surface area contributed by atoms with E-state index in [0.717, 1.165) is 5.69 Å². The molecule has 60 valence electrons. The second kappa shape index (κ2) is 3.31. The monoisotopic (exact) mass is 173 g/mol. The molecule has 0 atom stereocenters. The van der Waals surface area contributed by atoms with Crippen molar-refractivity contribution < 1.29 is 9.68 Å². The maximum atomic E-state index is 5.02. The fourth-order valence-corrected chi connectivity index (χ4v) is 0.701. The Kier molecular flexibility index (Phi) is 2.40. The van der Waals surface area contributed by atoms with E-state index in [1.807, 2.05) is 6.92 Å². The molecule has 0 spiro atoms. The first-order chi connectivity index (χ1) is 5.22. The topological polar surface area (TPSA) is 77.4 Å². The van der Waals surface area contributed by atoms with Gasteiger partial charge in [0, 0.05) is 6.92 Å². The highest BCUT2D eigenvalue weighted by Gasteiger charge is 2.05. The van der Waals surface area contributed by atoms with Crippen LogP contribution in [0.5, 0.6) is 0 Å². The Balaban J connectivity index is 2.57. The van der Waals surface area contributed by atoms with Crippen LogP contribution in [0, 0.1) is 6.92 Å². The van der Waals surface area contributed by atoms with Crippen LogP contribution in [0.3, 0.4) is 0 Å². The van der Waals surface area contributed by atoms with Gasteiger partial charge in [0.15, 0.2) is 5.11 Å². The number of hydrazine groups is 1. The Morgan fingerprint density at radius 3 is 3.00 bits per heavy atom. The predicted octanol–water partition coefficient (Wildman–Crippen LogP) is -0.438. The Morgan fingerprint density at radius 2 is 2.55 bits per heavy atom. The first kappa shape index (κ1) is 7.96. The molecule has 1 heterocycles. The van der Waals surface area contributed by atoms with Crippen LogP contribution in [-0.4, -0.2) is 5.11 Å². The summed E-state index contributed by atoms with van der Waals surface area (Å²) in [6.45, 7) is 1.87. The van der Waals surface area contributed by atoms with E-state index in [4.69, 9.17) is 22.6 Å². The molecular weight excluding hydrogens is 164 g/mol. The van der Waals surface area contributed by atoms with Crippen LogP contribution >= 0.6 is 12.2 Å². The molecular formula is C5H9N4OS+. The minimum atomic E-state index is 0.313. The van der Waals surface area contributed by atoms with Gasteiger partial charge in [0.05, 0.1) is 6.07 Å². The number of anilines is 1. The lowest BCUT2D eigenvalue weighted by molar-refractivity contribution is -0.611. The fourth-order valence-electron chi connectivity index (χ4n) is 0.601. The summed E-state index contributed by atoms with van der Waals surface area (Å²) in [5.74, 6) is 5.55. The number of hydrogen-bond acceptors (Lipinski definition) is 3. The van der Waals surface area contributed by atoms with Gasteiger partial charge in [-0.25, -0.2) is 10.4 Å². The molecule has 0 aliphatic heterocycles. The lowest BCUT2D eigenvalue weighted by Crippen LogP contribution is -2.33. The van der Waals surface area contributed by atoms with Gasteiger partial charge in [-0.05, 0) is 17.4 Å². The number of thiocarbonyl (C=S) groups is 1. The summed E-state index contributed by atoms with van der Waals surface area (Å²) in [4.78, 5) is 0. The van der Waals surface area contributed by atoms with Crippen molar-refractivity contribution in [3.05, 3.63) is 11.8 Å². The van der Waals surface area contributed by atoms with Gasteiger partial charge in [-0.2, -0.15) is 0 Å². The van der Waals surface area contributed by atoms with Crippen molar-refractivity contribution in [3.63, 3.8) is 0 Å². The van der Waals surface area contributed by atoms with E-state index < -0.39 is 0 Å². The van der Waals surface area contributed by atoms with E-state index in [1.54, 1.807) is 6.07 Å². The number of aryl methyl sites for hydroxylation is 1. The van der Waals surface area contributed by atoms with Crippen LogP contribution in [0.1, 0.15) is 5.69 Å². The normalized spacial score (nSPS) is 9.27. The van der Waals surface area contributed by atoms with Gasteiger partial charge in [-0.3, -0.25) is 5.32 Å². The van der Waals surface area contributed by atoms with Gasteiger partial charge in [0.1, 0.15) is 0 Å². The molecule has 0 amide bonds. The zero-order valence-electron chi connectivity index (χ0n) is 5.97. The Morgan fingerprint density at radius 1 is 1.82 bits per heavy atom. The zero-order valence-corrected chi connectivity index (χ0v) is 6.79. The van der Waals surface area contributed by atoms with Crippen molar-refractivity contribution in [3.8, 4) is 0 Å². The number of aromatic amines is 1. The second-order valence-corrected chi connectivity index (χ2v) is 2.40. The van der Waals surface area contributed by atoms with Gasteiger partial charge in [-0.15, -0.1) is 0 Å². The molecule has 0 saturated carbocycles. The zero-order chi connectivity index (χ0) is 8.27. The van der Waals surface area contributed by atoms with E-state index in [2.05, 4.69) is 15.9 Å². The molecule has 5 nitrogen and oxygen atoms in total. The Hall–Kier alpha value is -1.14. The summed E-state index contributed by atoms with van der Waals surface area (Å²) >= 11 is 4.73. The largest absolute Gasteiger partial charge is 0.301 e. The van der Waals surface area contributed by atoms with Crippen LogP contribution in [0.25, 0.3) is 0 Å². The number of H-pyrrole nitrogens is 1. The summed E-state index contributed by atoms with van der Waals surface area (Å²) in [5, 5.41) is 5.65. The van der Waals surface area contributed by atoms with Crippen LogP contribution in [0.15, 0.2) is 10.6 Å². The maximum Gasteiger partial charge on any atom is 0.281 e. The maximum absolute atomic E-state index is 5.02. The molecule has 0 bridgehead atoms. The third-order valence-electron chi connectivity index (χ3n) is 1.04. The summed E-state index contributed by atoms with van der Waals surface area (Å²) in [5.41, 5.74) is 3.18. The molecule has 0 unspecified atom stereocenters. The van der Waals surface area contributed by atoms with Crippen LogP contribution in [0.2, 0.25) is 0 Å². The molecule has 1 rings (SSSR count). The number of nitrogens with one attached hydrogen (secondary N) is 3. The van der Waals surface area contributed by atoms with Crippen molar-refractivity contribution in [2.45, 2.75) is 6.92 Å². The van der Waals surface area contributed by atoms with Gasteiger partial charge in [-0.1, -0.05) is 0 Å². The summed E-state index contributed by atoms with van der Waals surface area (Å²) < 4.78 is 4.92. The van der Waals surface area contributed by atoms with Crippen LogP contribution in [0.4, 0.5) is 5.88 Å². The SMILES string of the molecule is Cc1cc(NC(=S)NN)o[nH+]1. The third-order valence-corrected chi connectivity index (χ3v) is 1.26. The van der Waals surface area contributed by atoms with Gasteiger partial charge >= 0.3 is 0 Å². The van der Waals surface area contributed by atoms with E-state index in [-0.39, 0.29) is 0 Å². The minimum absolute atomic E-state index is 0.313. The summed E-state index contributed by atoms with van der Waals surface area (Å²) in [7, 11) is 0. The average Bonchev–Trinajstić information content (AvgIpc) is 2.35. The summed E-state index contributed by atoms with van der Waals surface area (Å²) in [6.07, 6.45) is 0. The Labute approximate surface area is 68.9 Å². The van der Waals surface area contributed by atoms with Gasteiger partial charge in [0.25, 0.3) is 5.88 Å². The molecule has 0 fully saturated rings. The highest BCUT2D eigenvalue weighted by Crippen LogP contribution is 2.03. The average molecular weight is 173 g/mol. The molecule has 0 aliphatic carbocycles. The smallest absolute Gasteiger partial charge is 0.281 e. The molecule has 0 radical (unpaired) electrons. The molecule has 5 N–H and O–H groups in total. The fraction of sp³-hybridized carbons (Fsp3) is 0.200. The quantitative estimate of drug-likeness (QED) is 0.305. The standard InChI is InChI=1S/C5H8N4OS/c1-3-2-4(10-9-3)7-5(11)8-6/h2H,6H2,1H3,(H2,7,8,11)/p+1. The van der Waals surface area contributed by atoms with Crippen molar-refractivity contribution in [1.29, 1.82) is 0 Å². The van der Waals surface area contributed by atoms with Crippen molar-refractivity contribution in [2.24, 2.45) is 5.84 Å². The first-order valence-electron chi connectivity index (χ1n) is 2.98. The minimum Gasteiger partial charge on any atom is -0.301 e. The number of nitrogens with two attached hydrogens (primary N) is 1. The first-order valence-corrected chi connectivity index (χ1v) is 3.39. The molecule has 6 heteroatoms. The molecule has 0 aromatic carbocycles. The van der Waals surface area contributed by atoms with Crippen LogP contribution < -0.4 is 21.7 Å². The molecule has 1 aromatic heterocycles. The van der Waals surface area contributed by atoms with E-state index in [1.165, 1.54) is 0 Å². The van der Waals surface area contributed by atoms with Gasteiger partial charge < -0.3 is 5.43 Å². The van der Waals surface area contributed by atoms with Crippen molar-refractivity contribution in [1.82, 2.24) is 5.43 Å². The third kappa shape index (κ3) is 2.17. The lowest BCUT2D eigenvalue weighted by Gasteiger charge is -1.98. The molecule has 11 heavy (non-hydrogen) atoms. The Bertz CT molecular complexity index is 259. The van der Waals surface area contributed by atoms with Crippen molar-refractivity contribution >= 4 is 23.2 Å². The highest BCUT2D eigenvalue weighted by molar-refractivity contribution is 7.80. The van der Waals surface area contributed by atoms with Crippen molar-refractivity contribution in [2.75, 3.05) is 5.32 Å². The molecule has 1 aromatic rings. The second-order valence-electron chi connectivity index (χ2n) is 1.99. The van der Waals surface area contributed by atoms with Crippen LogP contribution in [-0.2, 0) is 0 Å². The highest BCUT2D eigenvalue weighted by atomic mass is 32.1. The van der Waals surface area contributed by atoms with Gasteiger partial charge in [0.2, 0.25) is 5.69 Å². The predicted molar refractivity (Wildman–Crippen MR) is 43.5 cm³/mol. The number of rotatable bonds is 1. The number of aromatic nitrogens is 1.